The number of sulfonamides is 1. The molecule has 0 aromatic heterocycles. The van der Waals surface area contributed by atoms with Gasteiger partial charge in [-0.1, -0.05) is 29.8 Å². The van der Waals surface area contributed by atoms with Crippen LogP contribution in [0.25, 0.3) is 0 Å². The number of sulfone groups is 1. The van der Waals surface area contributed by atoms with E-state index < -0.39 is 25.9 Å². The van der Waals surface area contributed by atoms with Crippen molar-refractivity contribution in [3.63, 3.8) is 0 Å². The van der Waals surface area contributed by atoms with Crippen LogP contribution in [0.2, 0.25) is 0 Å². The summed E-state index contributed by atoms with van der Waals surface area (Å²) in [6.07, 6.45) is 0.324. The first kappa shape index (κ1) is 19.7. The fourth-order valence-electron chi connectivity index (χ4n) is 2.78. The van der Waals surface area contributed by atoms with Gasteiger partial charge >= 0.3 is 0 Å². The molecular formula is C15H22BrNO5S2. The minimum Gasteiger partial charge on any atom is -0.495 e. The normalized spacial score (nSPS) is 20.7. The van der Waals surface area contributed by atoms with Gasteiger partial charge in [0.25, 0.3) is 0 Å². The molecular weight excluding hydrogens is 418 g/mol. The molecule has 0 radical (unpaired) electrons. The number of nitrogens with zero attached hydrogens (tertiary/aromatic N) is 1. The van der Waals surface area contributed by atoms with Crippen LogP contribution in [0.5, 0.6) is 5.75 Å². The number of hydrogen-bond acceptors (Lipinski definition) is 5. The molecule has 0 bridgehead atoms. The molecule has 1 aromatic carbocycles. The third-order valence-corrected chi connectivity index (χ3v) is 8.06. The molecule has 6 nitrogen and oxygen atoms in total. The molecule has 2 rings (SSSR count). The Morgan fingerprint density at radius 2 is 2.04 bits per heavy atom. The van der Waals surface area contributed by atoms with Crippen LogP contribution < -0.4 is 4.74 Å². The number of rotatable bonds is 6. The van der Waals surface area contributed by atoms with Crippen molar-refractivity contribution in [2.45, 2.75) is 31.2 Å². The average molecular weight is 440 g/mol. The lowest BCUT2D eigenvalue weighted by Crippen LogP contribution is -2.43. The van der Waals surface area contributed by atoms with Crippen molar-refractivity contribution in [3.05, 3.63) is 22.7 Å². The molecule has 1 aromatic rings. The van der Waals surface area contributed by atoms with Crippen LogP contribution >= 0.6 is 15.9 Å². The SMILES string of the molecule is COc1ccc(Br)cc1S(=O)(=O)N(CC(C)C)C1CCS(=O)(=O)C1. The average Bonchev–Trinajstić information content (AvgIpc) is 2.84. The number of halogens is 1. The maximum atomic E-state index is 13.2. The Morgan fingerprint density at radius 1 is 1.38 bits per heavy atom. The summed E-state index contributed by atoms with van der Waals surface area (Å²) < 4.78 is 57.2. The van der Waals surface area contributed by atoms with Crippen LogP contribution in [0.4, 0.5) is 0 Å². The number of ether oxygens (including phenoxy) is 1. The molecule has 136 valence electrons. The summed E-state index contributed by atoms with van der Waals surface area (Å²) in [4.78, 5) is 0.0457. The highest BCUT2D eigenvalue weighted by Crippen LogP contribution is 2.33. The Labute approximate surface area is 152 Å². The molecule has 1 aliphatic heterocycles. The van der Waals surface area contributed by atoms with Gasteiger partial charge in [0.2, 0.25) is 10.0 Å². The van der Waals surface area contributed by atoms with Gasteiger partial charge in [-0.15, -0.1) is 0 Å². The van der Waals surface area contributed by atoms with Gasteiger partial charge in [-0.2, -0.15) is 4.31 Å². The molecule has 1 fully saturated rings. The molecule has 0 spiro atoms. The van der Waals surface area contributed by atoms with E-state index >= 15 is 0 Å². The number of hydrogen-bond donors (Lipinski definition) is 0. The second kappa shape index (κ2) is 7.31. The van der Waals surface area contributed by atoms with Crippen molar-refractivity contribution >= 4 is 35.8 Å². The van der Waals surface area contributed by atoms with Crippen LogP contribution in [-0.2, 0) is 19.9 Å². The van der Waals surface area contributed by atoms with E-state index in [0.717, 1.165) is 0 Å². The number of benzene rings is 1. The van der Waals surface area contributed by atoms with Gasteiger partial charge in [0.05, 0.1) is 18.6 Å². The first-order valence-electron chi connectivity index (χ1n) is 7.62. The summed E-state index contributed by atoms with van der Waals surface area (Å²) >= 11 is 3.29. The highest BCUT2D eigenvalue weighted by atomic mass is 79.9. The summed E-state index contributed by atoms with van der Waals surface area (Å²) in [6.45, 7) is 4.08. The van der Waals surface area contributed by atoms with E-state index in [1.165, 1.54) is 17.5 Å². The fourth-order valence-corrected chi connectivity index (χ4v) is 7.12. The van der Waals surface area contributed by atoms with E-state index in [1.54, 1.807) is 12.1 Å². The predicted octanol–water partition coefficient (Wildman–Crippen LogP) is 2.29. The molecule has 1 saturated heterocycles. The van der Waals surface area contributed by atoms with Crippen LogP contribution in [0, 0.1) is 5.92 Å². The van der Waals surface area contributed by atoms with E-state index in [0.29, 0.717) is 10.9 Å². The zero-order valence-corrected chi connectivity index (χ0v) is 17.1. The van der Waals surface area contributed by atoms with Gasteiger partial charge in [-0.05, 0) is 30.5 Å². The molecule has 1 unspecified atom stereocenters. The van der Waals surface area contributed by atoms with E-state index in [9.17, 15) is 16.8 Å². The van der Waals surface area contributed by atoms with Crippen LogP contribution in [0.3, 0.4) is 0 Å². The largest absolute Gasteiger partial charge is 0.495 e. The predicted molar refractivity (Wildman–Crippen MR) is 96.5 cm³/mol. The fraction of sp³-hybridized carbons (Fsp3) is 0.600. The summed E-state index contributed by atoms with van der Waals surface area (Å²) in [6, 6.07) is 4.23. The summed E-state index contributed by atoms with van der Waals surface area (Å²) in [5.74, 6) is 0.209. The summed E-state index contributed by atoms with van der Waals surface area (Å²) in [5, 5.41) is 0. The number of methoxy groups -OCH3 is 1. The molecule has 0 aliphatic carbocycles. The highest BCUT2D eigenvalue weighted by Gasteiger charge is 2.40. The van der Waals surface area contributed by atoms with Gasteiger partial charge in [-0.3, -0.25) is 0 Å². The van der Waals surface area contributed by atoms with E-state index in [1.807, 2.05) is 13.8 Å². The topological polar surface area (TPSA) is 80.8 Å². The molecule has 1 heterocycles. The third kappa shape index (κ3) is 4.30. The van der Waals surface area contributed by atoms with Crippen LogP contribution in [0.15, 0.2) is 27.6 Å². The molecule has 1 atom stereocenters. The van der Waals surface area contributed by atoms with Crippen molar-refractivity contribution in [2.24, 2.45) is 5.92 Å². The van der Waals surface area contributed by atoms with Crippen molar-refractivity contribution in [1.29, 1.82) is 0 Å². The van der Waals surface area contributed by atoms with E-state index in [2.05, 4.69) is 15.9 Å². The second-order valence-corrected chi connectivity index (χ2v) is 11.3. The van der Waals surface area contributed by atoms with Gasteiger partial charge in [-0.25, -0.2) is 16.8 Å². The second-order valence-electron chi connectivity index (χ2n) is 6.32. The Hall–Kier alpha value is -0.640. The van der Waals surface area contributed by atoms with E-state index in [-0.39, 0.29) is 34.6 Å². The highest BCUT2D eigenvalue weighted by molar-refractivity contribution is 9.10. The van der Waals surface area contributed by atoms with Crippen molar-refractivity contribution in [3.8, 4) is 5.75 Å². The molecule has 0 amide bonds. The van der Waals surface area contributed by atoms with E-state index in [4.69, 9.17) is 4.74 Å². The van der Waals surface area contributed by atoms with Crippen molar-refractivity contribution in [1.82, 2.24) is 4.31 Å². The maximum Gasteiger partial charge on any atom is 0.247 e. The van der Waals surface area contributed by atoms with Crippen LogP contribution in [0.1, 0.15) is 20.3 Å². The zero-order valence-electron chi connectivity index (χ0n) is 13.9. The van der Waals surface area contributed by atoms with Crippen molar-refractivity contribution in [2.75, 3.05) is 25.2 Å². The molecule has 24 heavy (non-hydrogen) atoms. The minimum absolute atomic E-state index is 0.0252. The van der Waals surface area contributed by atoms with Gasteiger partial charge in [0.1, 0.15) is 10.6 Å². The van der Waals surface area contributed by atoms with Crippen molar-refractivity contribution < 1.29 is 21.6 Å². The van der Waals surface area contributed by atoms with Crippen LogP contribution in [-0.4, -0.2) is 52.3 Å². The summed E-state index contributed by atoms with van der Waals surface area (Å²) in [7, 11) is -5.66. The Bertz CT molecular complexity index is 805. The maximum absolute atomic E-state index is 13.2. The van der Waals surface area contributed by atoms with Gasteiger partial charge in [0, 0.05) is 17.1 Å². The minimum atomic E-state index is -3.88. The van der Waals surface area contributed by atoms with Gasteiger partial charge < -0.3 is 4.74 Å². The standard InChI is InChI=1S/C15H22BrNO5S2/c1-11(2)9-17(13-6-7-23(18,19)10-13)24(20,21)15-8-12(16)4-5-14(15)22-3/h4-5,8,11,13H,6-7,9-10H2,1-3H3. The Morgan fingerprint density at radius 3 is 2.54 bits per heavy atom. The lowest BCUT2D eigenvalue weighted by molar-refractivity contribution is 0.305. The quantitative estimate of drug-likeness (QED) is 0.678. The monoisotopic (exact) mass is 439 g/mol. The first-order chi connectivity index (χ1) is 11.1. The molecule has 1 aliphatic rings. The summed E-state index contributed by atoms with van der Waals surface area (Å²) in [5.41, 5.74) is 0. The smallest absolute Gasteiger partial charge is 0.247 e. The lowest BCUT2D eigenvalue weighted by Gasteiger charge is -2.29. The zero-order chi connectivity index (χ0) is 18.1. The Kier molecular flexibility index (Phi) is 5.99. The first-order valence-corrected chi connectivity index (χ1v) is 11.7. The third-order valence-electron chi connectivity index (χ3n) is 3.87. The van der Waals surface area contributed by atoms with Gasteiger partial charge in [0.15, 0.2) is 9.84 Å². The molecule has 9 heteroatoms. The lowest BCUT2D eigenvalue weighted by atomic mass is 10.2. The Balaban J connectivity index is 2.50. The molecule has 0 N–H and O–H groups in total. The molecule has 0 saturated carbocycles.